The number of hydrogen-bond acceptors (Lipinski definition) is 5. The van der Waals surface area contributed by atoms with E-state index < -0.39 is 0 Å². The molecule has 0 atom stereocenters. The highest BCUT2D eigenvalue weighted by Crippen LogP contribution is 2.37. The highest BCUT2D eigenvalue weighted by molar-refractivity contribution is 7.25. The molecule has 0 bridgehead atoms. The summed E-state index contributed by atoms with van der Waals surface area (Å²) in [6.07, 6.45) is 0. The Bertz CT molecular complexity index is 2490. The van der Waals surface area contributed by atoms with E-state index in [9.17, 15) is 0 Å². The molecule has 0 aliphatic carbocycles. The van der Waals surface area contributed by atoms with Crippen LogP contribution in [0.15, 0.2) is 132 Å². The van der Waals surface area contributed by atoms with Crippen LogP contribution in [-0.4, -0.2) is 15.0 Å². The van der Waals surface area contributed by atoms with Gasteiger partial charge in [0.25, 0.3) is 0 Å². The third-order valence-electron chi connectivity index (χ3n) is 7.91. The van der Waals surface area contributed by atoms with Crippen LogP contribution in [-0.2, 0) is 0 Å². The molecule has 0 radical (unpaired) electrons. The van der Waals surface area contributed by atoms with Gasteiger partial charge in [0.05, 0.1) is 0 Å². The fraction of sp³-hybridized carbons (Fsp3) is 0. The Labute approximate surface area is 244 Å². The van der Waals surface area contributed by atoms with E-state index in [2.05, 4.69) is 103 Å². The summed E-state index contributed by atoms with van der Waals surface area (Å²) in [7, 11) is 0. The van der Waals surface area contributed by atoms with Crippen LogP contribution in [0.5, 0.6) is 0 Å². The summed E-state index contributed by atoms with van der Waals surface area (Å²) in [5.41, 5.74) is 4.48. The van der Waals surface area contributed by atoms with Crippen LogP contribution in [0.4, 0.5) is 0 Å². The molecule has 0 N–H and O–H groups in total. The number of para-hydroxylation sites is 1. The number of aromatic nitrogens is 3. The number of fused-ring (bicyclic) bond motifs is 7. The smallest absolute Gasteiger partial charge is 0.164 e. The van der Waals surface area contributed by atoms with E-state index in [1.165, 1.54) is 25.6 Å². The van der Waals surface area contributed by atoms with E-state index in [0.717, 1.165) is 44.0 Å². The Kier molecular flexibility index (Phi) is 5.03. The van der Waals surface area contributed by atoms with Gasteiger partial charge in [0.2, 0.25) is 0 Å². The lowest BCUT2D eigenvalue weighted by Gasteiger charge is -2.09. The summed E-state index contributed by atoms with van der Waals surface area (Å²) in [5.74, 6) is 1.89. The van der Waals surface area contributed by atoms with Gasteiger partial charge >= 0.3 is 0 Å². The average molecular weight is 556 g/mol. The number of furan rings is 1. The van der Waals surface area contributed by atoms with Crippen LogP contribution >= 0.6 is 11.3 Å². The molecule has 6 aromatic carbocycles. The first kappa shape index (κ1) is 23.3. The summed E-state index contributed by atoms with van der Waals surface area (Å²) in [4.78, 5) is 15.1. The standard InChI is InChI=1S/C37H21N3OS/c1-2-8-23-19-24(14-13-22(23)7-1)35-38-36(25-16-18-34-30(20-25)29-10-4-6-12-33(29)42-34)40-37(39-35)26-15-17-28-27-9-3-5-11-31(27)41-32(28)21-26/h1-21H. The Morgan fingerprint density at radius 1 is 0.405 bits per heavy atom. The van der Waals surface area contributed by atoms with Crippen molar-refractivity contribution in [2.45, 2.75) is 0 Å². The Balaban J connectivity index is 1.26. The van der Waals surface area contributed by atoms with Gasteiger partial charge in [-0.15, -0.1) is 11.3 Å². The molecule has 3 aromatic heterocycles. The number of rotatable bonds is 3. The fourth-order valence-corrected chi connectivity index (χ4v) is 6.91. The van der Waals surface area contributed by atoms with Gasteiger partial charge in [0, 0.05) is 47.6 Å². The second-order valence-corrected chi connectivity index (χ2v) is 11.6. The topological polar surface area (TPSA) is 51.8 Å². The molecular weight excluding hydrogens is 534 g/mol. The molecule has 0 saturated heterocycles. The van der Waals surface area contributed by atoms with Crippen molar-refractivity contribution in [3.8, 4) is 34.2 Å². The van der Waals surface area contributed by atoms with Crippen molar-refractivity contribution in [1.29, 1.82) is 0 Å². The number of thiophene rings is 1. The van der Waals surface area contributed by atoms with Gasteiger partial charge in [-0.3, -0.25) is 0 Å². The summed E-state index contributed by atoms with van der Waals surface area (Å²) >= 11 is 1.81. The number of nitrogens with zero attached hydrogens (tertiary/aromatic N) is 3. The van der Waals surface area contributed by atoms with Crippen LogP contribution in [0, 0.1) is 0 Å². The first-order chi connectivity index (χ1) is 20.8. The van der Waals surface area contributed by atoms with Crippen LogP contribution in [0.2, 0.25) is 0 Å². The minimum absolute atomic E-state index is 0.612. The highest BCUT2D eigenvalue weighted by atomic mass is 32.1. The number of benzene rings is 6. The molecule has 196 valence electrons. The summed E-state index contributed by atoms with van der Waals surface area (Å²) < 4.78 is 8.73. The van der Waals surface area contributed by atoms with E-state index in [-0.39, 0.29) is 0 Å². The number of hydrogen-bond donors (Lipinski definition) is 0. The minimum Gasteiger partial charge on any atom is -0.456 e. The monoisotopic (exact) mass is 555 g/mol. The second-order valence-electron chi connectivity index (χ2n) is 10.5. The molecule has 0 spiro atoms. The van der Waals surface area contributed by atoms with Gasteiger partial charge in [-0.1, -0.05) is 78.9 Å². The SMILES string of the molecule is c1ccc2cc(-c3nc(-c4ccc5c(c4)oc4ccccc45)nc(-c4ccc5sc6ccccc6c5c4)n3)ccc2c1. The van der Waals surface area contributed by atoms with Gasteiger partial charge in [0.15, 0.2) is 17.5 Å². The van der Waals surface area contributed by atoms with Crippen LogP contribution in [0.3, 0.4) is 0 Å². The predicted octanol–water partition coefficient (Wildman–Crippen LogP) is 10.3. The van der Waals surface area contributed by atoms with E-state index >= 15 is 0 Å². The normalized spacial score (nSPS) is 11.8. The van der Waals surface area contributed by atoms with Gasteiger partial charge < -0.3 is 4.42 Å². The summed E-state index contributed by atoms with van der Waals surface area (Å²) in [6.45, 7) is 0. The molecule has 9 aromatic rings. The van der Waals surface area contributed by atoms with Gasteiger partial charge in [-0.25, -0.2) is 15.0 Å². The zero-order valence-electron chi connectivity index (χ0n) is 22.3. The maximum atomic E-state index is 6.20. The zero-order chi connectivity index (χ0) is 27.6. The Hall–Kier alpha value is -5.39. The molecule has 42 heavy (non-hydrogen) atoms. The fourth-order valence-electron chi connectivity index (χ4n) is 5.82. The first-order valence-electron chi connectivity index (χ1n) is 13.9. The third kappa shape index (κ3) is 3.71. The maximum absolute atomic E-state index is 6.20. The first-order valence-corrected chi connectivity index (χ1v) is 14.7. The maximum Gasteiger partial charge on any atom is 0.164 e. The molecule has 5 heteroatoms. The molecule has 3 heterocycles. The lowest BCUT2D eigenvalue weighted by molar-refractivity contribution is 0.669. The van der Waals surface area contributed by atoms with Gasteiger partial charge in [-0.05, 0) is 59.3 Å². The molecule has 0 aliphatic rings. The van der Waals surface area contributed by atoms with Crippen molar-refractivity contribution in [2.75, 3.05) is 0 Å². The molecule has 0 saturated carbocycles. The van der Waals surface area contributed by atoms with Crippen LogP contribution in [0.1, 0.15) is 0 Å². The molecular formula is C37H21N3OS. The van der Waals surface area contributed by atoms with E-state index in [0.29, 0.717) is 17.5 Å². The van der Waals surface area contributed by atoms with Crippen molar-refractivity contribution < 1.29 is 4.42 Å². The Morgan fingerprint density at radius 3 is 1.86 bits per heavy atom. The lowest BCUT2D eigenvalue weighted by Crippen LogP contribution is -2.00. The molecule has 0 unspecified atom stereocenters. The van der Waals surface area contributed by atoms with Gasteiger partial charge in [0.1, 0.15) is 11.2 Å². The zero-order valence-corrected chi connectivity index (χ0v) is 23.1. The van der Waals surface area contributed by atoms with Crippen molar-refractivity contribution in [3.05, 3.63) is 127 Å². The van der Waals surface area contributed by atoms with E-state index in [1.807, 2.05) is 24.3 Å². The highest BCUT2D eigenvalue weighted by Gasteiger charge is 2.16. The average Bonchev–Trinajstić information content (AvgIpc) is 3.62. The Morgan fingerprint density at radius 2 is 1.00 bits per heavy atom. The predicted molar refractivity (Wildman–Crippen MR) is 174 cm³/mol. The molecule has 0 fully saturated rings. The summed E-state index contributed by atoms with van der Waals surface area (Å²) in [5, 5.41) is 6.97. The molecule has 9 rings (SSSR count). The quantitative estimate of drug-likeness (QED) is 0.218. The molecule has 0 aliphatic heterocycles. The van der Waals surface area contributed by atoms with E-state index in [4.69, 9.17) is 19.4 Å². The van der Waals surface area contributed by atoms with Gasteiger partial charge in [-0.2, -0.15) is 0 Å². The van der Waals surface area contributed by atoms with Crippen molar-refractivity contribution >= 4 is 64.2 Å². The van der Waals surface area contributed by atoms with Crippen LogP contribution in [0.25, 0.3) is 87.0 Å². The summed E-state index contributed by atoms with van der Waals surface area (Å²) in [6, 6.07) is 44.1. The van der Waals surface area contributed by atoms with Crippen molar-refractivity contribution in [1.82, 2.24) is 15.0 Å². The third-order valence-corrected chi connectivity index (χ3v) is 9.07. The minimum atomic E-state index is 0.612. The second kappa shape index (κ2) is 9.06. The lowest BCUT2D eigenvalue weighted by atomic mass is 10.1. The van der Waals surface area contributed by atoms with Crippen molar-refractivity contribution in [3.63, 3.8) is 0 Å². The van der Waals surface area contributed by atoms with Crippen molar-refractivity contribution in [2.24, 2.45) is 0 Å². The molecule has 4 nitrogen and oxygen atoms in total. The molecule has 0 amide bonds. The van der Waals surface area contributed by atoms with Crippen LogP contribution < -0.4 is 0 Å². The van der Waals surface area contributed by atoms with E-state index in [1.54, 1.807) is 11.3 Å². The largest absolute Gasteiger partial charge is 0.456 e.